The van der Waals surface area contributed by atoms with E-state index in [0.29, 0.717) is 17.3 Å². The van der Waals surface area contributed by atoms with Gasteiger partial charge in [0.15, 0.2) is 5.82 Å². The van der Waals surface area contributed by atoms with Crippen LogP contribution < -0.4 is 15.4 Å². The fourth-order valence-corrected chi connectivity index (χ4v) is 2.41. The first-order valence-electron chi connectivity index (χ1n) is 8.10. The fourth-order valence-electron chi connectivity index (χ4n) is 2.41. The maximum atomic E-state index is 12.1. The number of hydrogen-bond donors (Lipinski definition) is 2. The number of aryl methyl sites for hydroxylation is 2. The van der Waals surface area contributed by atoms with E-state index in [2.05, 4.69) is 26.2 Å². The number of benzene rings is 2. The maximum absolute atomic E-state index is 12.1. The molecule has 0 unspecified atom stereocenters. The zero-order chi connectivity index (χ0) is 18.5. The van der Waals surface area contributed by atoms with Gasteiger partial charge in [-0.1, -0.05) is 12.1 Å². The molecule has 0 radical (unpaired) electrons. The summed E-state index contributed by atoms with van der Waals surface area (Å²) in [6.07, 6.45) is 0. The SMILES string of the molecule is COc1cccc(NC(=O)NCc2nnnn2-c2ccc(C)c(C)c2)c1. The third kappa shape index (κ3) is 3.97. The number of carbonyl (C=O) groups excluding carboxylic acids is 1. The number of tetrazole rings is 1. The van der Waals surface area contributed by atoms with Crippen LogP contribution in [0.2, 0.25) is 0 Å². The predicted octanol–water partition coefficient (Wildman–Crippen LogP) is 2.61. The number of nitrogens with one attached hydrogen (secondary N) is 2. The van der Waals surface area contributed by atoms with Crippen molar-refractivity contribution in [2.75, 3.05) is 12.4 Å². The van der Waals surface area contributed by atoms with Crippen LogP contribution in [0.4, 0.5) is 10.5 Å². The normalized spacial score (nSPS) is 10.4. The molecule has 0 bridgehead atoms. The van der Waals surface area contributed by atoms with E-state index < -0.39 is 0 Å². The highest BCUT2D eigenvalue weighted by atomic mass is 16.5. The van der Waals surface area contributed by atoms with Gasteiger partial charge in [0.2, 0.25) is 0 Å². The van der Waals surface area contributed by atoms with Gasteiger partial charge in [0.25, 0.3) is 0 Å². The van der Waals surface area contributed by atoms with E-state index in [1.165, 1.54) is 5.56 Å². The third-order valence-electron chi connectivity index (χ3n) is 4.00. The Balaban J connectivity index is 1.66. The summed E-state index contributed by atoms with van der Waals surface area (Å²) < 4.78 is 6.75. The molecule has 134 valence electrons. The van der Waals surface area contributed by atoms with E-state index >= 15 is 0 Å². The highest BCUT2D eigenvalue weighted by Crippen LogP contribution is 2.17. The van der Waals surface area contributed by atoms with Crippen LogP contribution in [0.5, 0.6) is 5.75 Å². The summed E-state index contributed by atoms with van der Waals surface area (Å²) >= 11 is 0. The average molecular weight is 352 g/mol. The predicted molar refractivity (Wildman–Crippen MR) is 97.5 cm³/mol. The quantitative estimate of drug-likeness (QED) is 0.736. The summed E-state index contributed by atoms with van der Waals surface area (Å²) in [6, 6.07) is 12.7. The number of ether oxygens (including phenoxy) is 1. The number of amides is 2. The van der Waals surface area contributed by atoms with Crippen molar-refractivity contribution in [1.29, 1.82) is 0 Å². The largest absolute Gasteiger partial charge is 0.497 e. The van der Waals surface area contributed by atoms with Gasteiger partial charge < -0.3 is 15.4 Å². The molecule has 0 atom stereocenters. The van der Waals surface area contributed by atoms with Gasteiger partial charge in [-0.3, -0.25) is 0 Å². The van der Waals surface area contributed by atoms with E-state index in [1.54, 1.807) is 36.1 Å². The Morgan fingerprint density at radius 2 is 2.00 bits per heavy atom. The van der Waals surface area contributed by atoms with E-state index in [4.69, 9.17) is 4.74 Å². The number of hydrogen-bond acceptors (Lipinski definition) is 5. The molecule has 26 heavy (non-hydrogen) atoms. The molecule has 8 nitrogen and oxygen atoms in total. The molecule has 0 fully saturated rings. The Morgan fingerprint density at radius 3 is 2.77 bits per heavy atom. The molecular formula is C18H20N6O2. The van der Waals surface area contributed by atoms with Crippen molar-refractivity contribution in [3.8, 4) is 11.4 Å². The van der Waals surface area contributed by atoms with Crippen LogP contribution in [0.1, 0.15) is 17.0 Å². The second-order valence-electron chi connectivity index (χ2n) is 5.82. The van der Waals surface area contributed by atoms with E-state index in [1.807, 2.05) is 32.0 Å². The van der Waals surface area contributed by atoms with Crippen LogP contribution >= 0.6 is 0 Å². The lowest BCUT2D eigenvalue weighted by Gasteiger charge is -2.10. The van der Waals surface area contributed by atoms with Gasteiger partial charge in [-0.15, -0.1) is 5.10 Å². The molecule has 2 aromatic carbocycles. The highest BCUT2D eigenvalue weighted by Gasteiger charge is 2.11. The van der Waals surface area contributed by atoms with Crippen LogP contribution in [0.25, 0.3) is 5.69 Å². The molecular weight excluding hydrogens is 332 g/mol. The molecule has 0 aliphatic rings. The minimum atomic E-state index is -0.354. The van der Waals surface area contributed by atoms with Gasteiger partial charge in [-0.05, 0) is 59.7 Å². The molecule has 0 aliphatic carbocycles. The lowest BCUT2D eigenvalue weighted by molar-refractivity contribution is 0.251. The number of rotatable bonds is 5. The standard InChI is InChI=1S/C18H20N6O2/c1-12-7-8-15(9-13(12)2)24-17(21-22-23-24)11-19-18(25)20-14-5-4-6-16(10-14)26-3/h4-10H,11H2,1-3H3,(H2,19,20,25). The highest BCUT2D eigenvalue weighted by molar-refractivity contribution is 5.89. The van der Waals surface area contributed by atoms with E-state index in [9.17, 15) is 4.79 Å². The molecule has 2 amide bonds. The second kappa shape index (κ2) is 7.64. The smallest absolute Gasteiger partial charge is 0.319 e. The van der Waals surface area contributed by atoms with E-state index in [-0.39, 0.29) is 12.6 Å². The van der Waals surface area contributed by atoms with Crippen molar-refractivity contribution >= 4 is 11.7 Å². The second-order valence-corrected chi connectivity index (χ2v) is 5.82. The maximum Gasteiger partial charge on any atom is 0.319 e. The van der Waals surface area contributed by atoms with E-state index in [0.717, 1.165) is 11.3 Å². The Labute approximate surface area is 151 Å². The number of nitrogens with zero attached hydrogens (tertiary/aromatic N) is 4. The minimum absolute atomic E-state index is 0.190. The molecule has 8 heteroatoms. The zero-order valence-corrected chi connectivity index (χ0v) is 14.9. The average Bonchev–Trinajstić information content (AvgIpc) is 3.11. The fraction of sp³-hybridized carbons (Fsp3) is 0.222. The van der Waals surface area contributed by atoms with Crippen molar-refractivity contribution in [2.24, 2.45) is 0 Å². The zero-order valence-electron chi connectivity index (χ0n) is 14.9. The summed E-state index contributed by atoms with van der Waals surface area (Å²) in [6.45, 7) is 4.27. The molecule has 2 N–H and O–H groups in total. The van der Waals surface area contributed by atoms with Gasteiger partial charge in [-0.25, -0.2) is 4.79 Å². The monoisotopic (exact) mass is 352 g/mol. The molecule has 3 aromatic rings. The van der Waals surface area contributed by atoms with Crippen molar-refractivity contribution < 1.29 is 9.53 Å². The summed E-state index contributed by atoms with van der Waals surface area (Å²) in [4.78, 5) is 12.1. The molecule has 0 saturated heterocycles. The number of carbonyl (C=O) groups is 1. The molecule has 1 heterocycles. The first-order chi connectivity index (χ1) is 12.6. The molecule has 1 aromatic heterocycles. The van der Waals surface area contributed by atoms with Crippen molar-refractivity contribution in [2.45, 2.75) is 20.4 Å². The third-order valence-corrected chi connectivity index (χ3v) is 4.00. The topological polar surface area (TPSA) is 94.0 Å². The molecule has 3 rings (SSSR count). The van der Waals surface area contributed by atoms with Gasteiger partial charge >= 0.3 is 6.03 Å². The number of methoxy groups -OCH3 is 1. The Morgan fingerprint density at radius 1 is 1.15 bits per heavy atom. The minimum Gasteiger partial charge on any atom is -0.497 e. The van der Waals surface area contributed by atoms with Gasteiger partial charge in [0, 0.05) is 11.8 Å². The summed E-state index contributed by atoms with van der Waals surface area (Å²) in [7, 11) is 1.58. The Kier molecular flexibility index (Phi) is 5.12. The van der Waals surface area contributed by atoms with Gasteiger partial charge in [-0.2, -0.15) is 4.68 Å². The number of aromatic nitrogens is 4. The molecule has 0 saturated carbocycles. The van der Waals surface area contributed by atoms with Crippen molar-refractivity contribution in [1.82, 2.24) is 25.5 Å². The first kappa shape index (κ1) is 17.4. The lowest BCUT2D eigenvalue weighted by atomic mass is 10.1. The lowest BCUT2D eigenvalue weighted by Crippen LogP contribution is -2.29. The van der Waals surface area contributed by atoms with Crippen LogP contribution in [0.3, 0.4) is 0 Å². The van der Waals surface area contributed by atoms with Gasteiger partial charge in [0.1, 0.15) is 5.75 Å². The first-order valence-corrected chi connectivity index (χ1v) is 8.10. The van der Waals surface area contributed by atoms with Crippen molar-refractivity contribution in [3.63, 3.8) is 0 Å². The summed E-state index contributed by atoms with van der Waals surface area (Å²) in [5.74, 6) is 1.20. The summed E-state index contributed by atoms with van der Waals surface area (Å²) in [5, 5.41) is 17.2. The Bertz CT molecular complexity index is 922. The van der Waals surface area contributed by atoms with Crippen LogP contribution in [0.15, 0.2) is 42.5 Å². The van der Waals surface area contributed by atoms with Gasteiger partial charge in [0.05, 0.1) is 19.3 Å². The Hall–Kier alpha value is -3.42. The van der Waals surface area contributed by atoms with Crippen molar-refractivity contribution in [3.05, 3.63) is 59.4 Å². The van der Waals surface area contributed by atoms with Crippen LogP contribution in [-0.4, -0.2) is 33.3 Å². The van der Waals surface area contributed by atoms with Crippen LogP contribution in [-0.2, 0) is 6.54 Å². The molecule has 0 aliphatic heterocycles. The van der Waals surface area contributed by atoms with Crippen LogP contribution in [0, 0.1) is 13.8 Å². The number of anilines is 1. The summed E-state index contributed by atoms with van der Waals surface area (Å²) in [5.41, 5.74) is 3.82. The molecule has 0 spiro atoms. The number of urea groups is 1.